The average molecular weight is 290 g/mol. The molecule has 86 valence electrons. The number of rotatable bonds is 5. The van der Waals surface area contributed by atoms with Gasteiger partial charge in [0.15, 0.2) is 0 Å². The molecular weight excluding hydrogens is 270 g/mol. The maximum atomic E-state index is 3.65. The van der Waals surface area contributed by atoms with E-state index in [0.717, 1.165) is 12.5 Å². The van der Waals surface area contributed by atoms with Gasteiger partial charge in [-0.15, -0.1) is 11.3 Å². The third-order valence-electron chi connectivity index (χ3n) is 2.31. The highest BCUT2D eigenvalue weighted by molar-refractivity contribution is 9.10. The second-order valence-electron chi connectivity index (χ2n) is 4.31. The first-order chi connectivity index (χ1) is 7.04. The first kappa shape index (κ1) is 13.2. The summed E-state index contributed by atoms with van der Waals surface area (Å²) in [6.45, 7) is 9.91. The highest BCUT2D eigenvalue weighted by Crippen LogP contribution is 2.34. The molecule has 0 saturated carbocycles. The summed E-state index contributed by atoms with van der Waals surface area (Å²) in [5.74, 6) is 0.725. The predicted octanol–water partition coefficient (Wildman–Crippen LogP) is 4.52. The van der Waals surface area contributed by atoms with Gasteiger partial charge in [0.25, 0.3) is 0 Å². The SMILES string of the molecule is CCNC(CC(C)C)c1sc(C)cc1Br. The molecule has 0 bridgehead atoms. The van der Waals surface area contributed by atoms with Crippen molar-refractivity contribution in [2.24, 2.45) is 5.92 Å². The van der Waals surface area contributed by atoms with Crippen molar-refractivity contribution in [3.8, 4) is 0 Å². The molecule has 3 heteroatoms. The van der Waals surface area contributed by atoms with Gasteiger partial charge in [-0.1, -0.05) is 20.8 Å². The fraction of sp³-hybridized carbons (Fsp3) is 0.667. The van der Waals surface area contributed by atoms with E-state index in [-0.39, 0.29) is 0 Å². The highest BCUT2D eigenvalue weighted by Gasteiger charge is 2.17. The van der Waals surface area contributed by atoms with Crippen molar-refractivity contribution in [3.63, 3.8) is 0 Å². The number of thiophene rings is 1. The Labute approximate surface area is 105 Å². The van der Waals surface area contributed by atoms with E-state index in [1.165, 1.54) is 20.6 Å². The molecule has 0 aliphatic rings. The largest absolute Gasteiger partial charge is 0.309 e. The van der Waals surface area contributed by atoms with E-state index in [0.29, 0.717) is 6.04 Å². The number of hydrogen-bond acceptors (Lipinski definition) is 2. The molecule has 1 N–H and O–H groups in total. The number of aryl methyl sites for hydroxylation is 1. The van der Waals surface area contributed by atoms with Crippen molar-refractivity contribution in [1.82, 2.24) is 5.32 Å². The lowest BCUT2D eigenvalue weighted by Crippen LogP contribution is -2.21. The van der Waals surface area contributed by atoms with Gasteiger partial charge >= 0.3 is 0 Å². The van der Waals surface area contributed by atoms with Gasteiger partial charge in [0, 0.05) is 20.3 Å². The Kier molecular flexibility index (Phi) is 5.30. The number of halogens is 1. The lowest BCUT2D eigenvalue weighted by molar-refractivity contribution is 0.442. The monoisotopic (exact) mass is 289 g/mol. The first-order valence-corrected chi connectivity index (χ1v) is 7.14. The van der Waals surface area contributed by atoms with E-state index in [1.54, 1.807) is 0 Å². The van der Waals surface area contributed by atoms with Crippen LogP contribution in [0.1, 0.15) is 43.0 Å². The van der Waals surface area contributed by atoms with Crippen LogP contribution >= 0.6 is 27.3 Å². The van der Waals surface area contributed by atoms with Gasteiger partial charge in [-0.3, -0.25) is 0 Å². The predicted molar refractivity (Wildman–Crippen MR) is 72.6 cm³/mol. The zero-order chi connectivity index (χ0) is 11.4. The van der Waals surface area contributed by atoms with Crippen LogP contribution in [-0.2, 0) is 0 Å². The van der Waals surface area contributed by atoms with Crippen molar-refractivity contribution in [1.29, 1.82) is 0 Å². The molecule has 1 unspecified atom stereocenters. The molecule has 15 heavy (non-hydrogen) atoms. The molecule has 0 aliphatic carbocycles. The maximum absolute atomic E-state index is 3.65. The Hall–Kier alpha value is 0.140. The molecule has 0 fully saturated rings. The van der Waals surface area contributed by atoms with Crippen molar-refractivity contribution < 1.29 is 0 Å². The van der Waals surface area contributed by atoms with E-state index in [4.69, 9.17) is 0 Å². The zero-order valence-corrected chi connectivity index (χ0v) is 12.3. The van der Waals surface area contributed by atoms with Gasteiger partial charge in [-0.05, 0) is 47.8 Å². The van der Waals surface area contributed by atoms with Crippen LogP contribution in [0.4, 0.5) is 0 Å². The van der Waals surface area contributed by atoms with Gasteiger partial charge in [0.05, 0.1) is 0 Å². The van der Waals surface area contributed by atoms with Crippen molar-refractivity contribution in [2.45, 2.75) is 40.2 Å². The van der Waals surface area contributed by atoms with Crippen LogP contribution in [0.25, 0.3) is 0 Å². The third-order valence-corrected chi connectivity index (χ3v) is 4.39. The van der Waals surface area contributed by atoms with E-state index >= 15 is 0 Å². The summed E-state index contributed by atoms with van der Waals surface area (Å²) in [5, 5.41) is 3.56. The summed E-state index contributed by atoms with van der Waals surface area (Å²) < 4.78 is 1.26. The Morgan fingerprint density at radius 1 is 1.47 bits per heavy atom. The lowest BCUT2D eigenvalue weighted by atomic mass is 10.0. The Balaban J connectivity index is 2.83. The summed E-state index contributed by atoms with van der Waals surface area (Å²) >= 11 is 5.54. The Morgan fingerprint density at radius 2 is 2.13 bits per heavy atom. The fourth-order valence-corrected chi connectivity index (χ4v) is 3.76. The molecule has 0 aromatic carbocycles. The molecule has 1 rings (SSSR count). The van der Waals surface area contributed by atoms with Crippen LogP contribution in [0, 0.1) is 12.8 Å². The van der Waals surface area contributed by atoms with Gasteiger partial charge in [0.1, 0.15) is 0 Å². The van der Waals surface area contributed by atoms with Gasteiger partial charge in [-0.25, -0.2) is 0 Å². The van der Waals surface area contributed by atoms with Gasteiger partial charge in [-0.2, -0.15) is 0 Å². The minimum Gasteiger partial charge on any atom is -0.309 e. The molecule has 0 spiro atoms. The van der Waals surface area contributed by atoms with Crippen LogP contribution in [0.3, 0.4) is 0 Å². The first-order valence-electron chi connectivity index (χ1n) is 5.53. The van der Waals surface area contributed by atoms with Gasteiger partial charge < -0.3 is 5.32 Å². The molecule has 0 radical (unpaired) electrons. The standard InChI is InChI=1S/C12H20BrNS/c1-5-14-11(6-8(2)3)12-10(13)7-9(4)15-12/h7-8,11,14H,5-6H2,1-4H3. The quantitative estimate of drug-likeness (QED) is 0.841. The van der Waals surface area contributed by atoms with Crippen molar-refractivity contribution in [2.75, 3.05) is 6.54 Å². The van der Waals surface area contributed by atoms with E-state index < -0.39 is 0 Å². The summed E-state index contributed by atoms with van der Waals surface area (Å²) in [4.78, 5) is 2.83. The molecule has 0 saturated heterocycles. The van der Waals surface area contributed by atoms with Crippen LogP contribution in [0.2, 0.25) is 0 Å². The normalized spacial score (nSPS) is 13.5. The molecule has 1 aromatic heterocycles. The minimum absolute atomic E-state index is 0.503. The van der Waals surface area contributed by atoms with Crippen LogP contribution < -0.4 is 5.32 Å². The highest BCUT2D eigenvalue weighted by atomic mass is 79.9. The molecule has 1 aromatic rings. The topological polar surface area (TPSA) is 12.0 Å². The molecule has 1 nitrogen and oxygen atoms in total. The van der Waals surface area contributed by atoms with Crippen LogP contribution in [-0.4, -0.2) is 6.54 Å². The Bertz CT molecular complexity index is 307. The van der Waals surface area contributed by atoms with Crippen molar-refractivity contribution >= 4 is 27.3 Å². The molecule has 1 atom stereocenters. The molecule has 0 amide bonds. The van der Waals surface area contributed by atoms with E-state index in [9.17, 15) is 0 Å². The summed E-state index contributed by atoms with van der Waals surface area (Å²) in [7, 11) is 0. The lowest BCUT2D eigenvalue weighted by Gasteiger charge is -2.19. The van der Waals surface area contributed by atoms with Crippen LogP contribution in [0.15, 0.2) is 10.5 Å². The Morgan fingerprint density at radius 3 is 2.53 bits per heavy atom. The second-order valence-corrected chi connectivity index (χ2v) is 6.45. The van der Waals surface area contributed by atoms with Gasteiger partial charge in [0.2, 0.25) is 0 Å². The molecular formula is C12H20BrNS. The molecule has 1 heterocycles. The van der Waals surface area contributed by atoms with Crippen LogP contribution in [0.5, 0.6) is 0 Å². The third kappa shape index (κ3) is 3.89. The zero-order valence-electron chi connectivity index (χ0n) is 9.93. The smallest absolute Gasteiger partial charge is 0.0428 e. The summed E-state index contributed by atoms with van der Waals surface area (Å²) in [5.41, 5.74) is 0. The fourth-order valence-electron chi connectivity index (χ4n) is 1.74. The van der Waals surface area contributed by atoms with E-state index in [2.05, 4.69) is 55.0 Å². The summed E-state index contributed by atoms with van der Waals surface area (Å²) in [6, 6.07) is 2.72. The number of hydrogen-bond donors (Lipinski definition) is 1. The minimum atomic E-state index is 0.503. The van der Waals surface area contributed by atoms with E-state index in [1.807, 2.05) is 11.3 Å². The maximum Gasteiger partial charge on any atom is 0.0428 e. The summed E-state index contributed by atoms with van der Waals surface area (Å²) in [6.07, 6.45) is 1.20. The average Bonchev–Trinajstić information content (AvgIpc) is 2.44. The number of nitrogens with one attached hydrogen (secondary N) is 1. The van der Waals surface area contributed by atoms with Crippen molar-refractivity contribution in [3.05, 3.63) is 20.3 Å². The second kappa shape index (κ2) is 6.02. The molecule has 0 aliphatic heterocycles.